The van der Waals surface area contributed by atoms with Gasteiger partial charge in [0.05, 0.1) is 36.1 Å². The number of ether oxygens (including phenoxy) is 1. The Morgan fingerprint density at radius 2 is 2.00 bits per heavy atom. The second kappa shape index (κ2) is 8.96. The molecule has 2 aromatic heterocycles. The number of carbonyl (C=O) groups is 2. The smallest absolute Gasteiger partial charge is 0.273 e. The molecule has 0 atom stereocenters. The van der Waals surface area contributed by atoms with E-state index >= 15 is 0 Å². The van der Waals surface area contributed by atoms with Crippen molar-refractivity contribution in [3.8, 4) is 17.0 Å². The van der Waals surface area contributed by atoms with Gasteiger partial charge in [-0.25, -0.2) is 0 Å². The number of anilines is 3. The van der Waals surface area contributed by atoms with Gasteiger partial charge in [-0.15, -0.1) is 10.2 Å². The van der Waals surface area contributed by atoms with Crippen LogP contribution in [-0.4, -0.2) is 46.1 Å². The minimum Gasteiger partial charge on any atom is -0.494 e. The third-order valence-corrected chi connectivity index (χ3v) is 4.87. The Labute approximate surface area is 189 Å². The first kappa shape index (κ1) is 17.6. The first-order chi connectivity index (χ1) is 16.6. The fraction of sp³-hybridized carbons (Fsp3) is 0.273. The number of aryl methyl sites for hydroxylation is 1. The highest BCUT2D eigenvalue weighted by atomic mass is 16.5. The molecule has 32 heavy (non-hydrogen) atoms. The average molecular weight is 436 g/mol. The molecule has 1 saturated carbocycles. The van der Waals surface area contributed by atoms with Crippen LogP contribution in [0.5, 0.6) is 5.75 Å². The van der Waals surface area contributed by atoms with Gasteiger partial charge in [-0.05, 0) is 31.9 Å². The lowest BCUT2D eigenvalue weighted by Crippen LogP contribution is -2.22. The van der Waals surface area contributed by atoms with Crippen molar-refractivity contribution >= 4 is 29.0 Å². The molecular formula is C22H23N7O3. The summed E-state index contributed by atoms with van der Waals surface area (Å²) in [6.07, 6.45) is 4.85. The normalized spacial score (nSPS) is 14.5. The van der Waals surface area contributed by atoms with Crippen molar-refractivity contribution in [3.63, 3.8) is 0 Å². The monoisotopic (exact) mass is 436 g/mol. The Morgan fingerprint density at radius 3 is 2.69 bits per heavy atom. The number of carbonyl (C=O) groups excluding carboxylic acids is 2. The first-order valence-electron chi connectivity index (χ1n) is 11.4. The number of hydrogen-bond donors (Lipinski definition) is 3. The molecular weight excluding hydrogens is 410 g/mol. The van der Waals surface area contributed by atoms with E-state index < -0.39 is 12.9 Å². The predicted molar refractivity (Wildman–Crippen MR) is 119 cm³/mol. The van der Waals surface area contributed by atoms with Crippen LogP contribution < -0.4 is 20.7 Å². The molecule has 0 aliphatic heterocycles. The molecule has 0 saturated heterocycles. The van der Waals surface area contributed by atoms with E-state index in [0.717, 1.165) is 18.5 Å². The van der Waals surface area contributed by atoms with E-state index in [4.69, 9.17) is 8.85 Å². The number of hydrogen-bond acceptors (Lipinski definition) is 8. The molecule has 0 unspecified atom stereocenters. The summed E-state index contributed by atoms with van der Waals surface area (Å²) in [7, 11) is 1.49. The van der Waals surface area contributed by atoms with Crippen molar-refractivity contribution in [2.45, 2.75) is 19.8 Å². The molecule has 10 heteroatoms. The zero-order valence-corrected chi connectivity index (χ0v) is 17.5. The van der Waals surface area contributed by atoms with Gasteiger partial charge in [0.2, 0.25) is 5.91 Å². The van der Waals surface area contributed by atoms with Gasteiger partial charge in [0.1, 0.15) is 0 Å². The van der Waals surface area contributed by atoms with Crippen LogP contribution in [0.1, 0.15) is 33.1 Å². The van der Waals surface area contributed by atoms with Crippen LogP contribution in [0.4, 0.5) is 17.2 Å². The quantitative estimate of drug-likeness (QED) is 0.515. The van der Waals surface area contributed by atoms with Gasteiger partial charge < -0.3 is 20.7 Å². The lowest BCUT2D eigenvalue weighted by molar-refractivity contribution is -0.117. The highest BCUT2D eigenvalue weighted by Crippen LogP contribution is 2.37. The summed E-state index contributed by atoms with van der Waals surface area (Å²) in [6.45, 7) is -0.898. The van der Waals surface area contributed by atoms with Gasteiger partial charge >= 0.3 is 0 Å². The summed E-state index contributed by atoms with van der Waals surface area (Å²) in [5, 5.41) is 15.4. The van der Waals surface area contributed by atoms with Crippen LogP contribution in [0.15, 0.2) is 36.7 Å². The van der Waals surface area contributed by atoms with Gasteiger partial charge in [-0.1, -0.05) is 6.07 Å². The number of rotatable bonds is 7. The van der Waals surface area contributed by atoms with Crippen LogP contribution in [0, 0.1) is 12.8 Å². The van der Waals surface area contributed by atoms with Crippen LogP contribution in [0.25, 0.3) is 11.3 Å². The fourth-order valence-electron chi connectivity index (χ4n) is 3.08. The molecule has 1 fully saturated rings. The van der Waals surface area contributed by atoms with Crippen LogP contribution >= 0.6 is 0 Å². The molecule has 2 amide bonds. The summed E-state index contributed by atoms with van der Waals surface area (Å²) in [5.74, 6) is -0.691. The first-order valence-corrected chi connectivity index (χ1v) is 9.89. The molecule has 1 aromatic carbocycles. The highest BCUT2D eigenvalue weighted by molar-refractivity contribution is 6.00. The zero-order chi connectivity index (χ0) is 25.2. The Balaban J connectivity index is 1.72. The standard InChI is InChI=1S/C22H23N7O3/c1-12-10-25-17(11-24-12)14-5-4-6-15(20(14)32-3)26-16-9-18(27-21(30)13-7-8-13)28-29-19(16)22(31)23-2/h4-6,9-11,13H,7-8H2,1-3H3,(H,23,31)(H2,26,27,28,30)/i2D3. The zero-order valence-electron chi connectivity index (χ0n) is 20.5. The Hall–Kier alpha value is -4.08. The summed E-state index contributed by atoms with van der Waals surface area (Å²) in [5.41, 5.74) is 2.27. The molecule has 0 spiro atoms. The Bertz CT molecular complexity index is 1260. The van der Waals surface area contributed by atoms with Crippen molar-refractivity contribution in [2.24, 2.45) is 5.92 Å². The van der Waals surface area contributed by atoms with E-state index in [2.05, 4.69) is 30.8 Å². The van der Waals surface area contributed by atoms with E-state index in [9.17, 15) is 9.59 Å². The lowest BCUT2D eigenvalue weighted by atomic mass is 10.1. The van der Waals surface area contributed by atoms with Gasteiger partial charge in [0.25, 0.3) is 5.91 Å². The third kappa shape index (κ3) is 4.48. The van der Waals surface area contributed by atoms with Crippen molar-refractivity contribution in [3.05, 3.63) is 48.0 Å². The highest BCUT2D eigenvalue weighted by Gasteiger charge is 2.30. The predicted octanol–water partition coefficient (Wildman–Crippen LogP) is 2.70. The number of methoxy groups -OCH3 is 1. The summed E-state index contributed by atoms with van der Waals surface area (Å²) < 4.78 is 27.6. The van der Waals surface area contributed by atoms with Crippen molar-refractivity contribution in [2.75, 3.05) is 24.7 Å². The Morgan fingerprint density at radius 1 is 1.16 bits per heavy atom. The molecule has 4 rings (SSSR count). The van der Waals surface area contributed by atoms with E-state index in [0.29, 0.717) is 22.7 Å². The fourth-order valence-corrected chi connectivity index (χ4v) is 3.08. The van der Waals surface area contributed by atoms with Crippen LogP contribution in [0.3, 0.4) is 0 Å². The third-order valence-electron chi connectivity index (χ3n) is 4.87. The van der Waals surface area contributed by atoms with Crippen molar-refractivity contribution in [1.82, 2.24) is 25.5 Å². The maximum absolute atomic E-state index is 12.6. The van der Waals surface area contributed by atoms with Crippen LogP contribution in [0.2, 0.25) is 0 Å². The SMILES string of the molecule is [2H]C([2H])([2H])NC(=O)c1nnc(NC(=O)C2CC2)cc1Nc1cccc(-c2cnc(C)cn2)c1OC. The van der Waals surface area contributed by atoms with E-state index in [1.807, 2.05) is 12.2 Å². The molecule has 10 nitrogen and oxygen atoms in total. The lowest BCUT2D eigenvalue weighted by Gasteiger charge is -2.16. The average Bonchev–Trinajstić information content (AvgIpc) is 3.64. The number of benzene rings is 1. The van der Waals surface area contributed by atoms with E-state index in [1.165, 1.54) is 13.2 Å². The summed E-state index contributed by atoms with van der Waals surface area (Å²) >= 11 is 0. The molecule has 1 aliphatic rings. The number of amides is 2. The molecule has 3 aromatic rings. The summed E-state index contributed by atoms with van der Waals surface area (Å²) in [4.78, 5) is 33.5. The number of nitrogens with zero attached hydrogens (tertiary/aromatic N) is 4. The Kier molecular flexibility index (Phi) is 4.93. The molecule has 164 valence electrons. The van der Waals surface area contributed by atoms with Gasteiger partial charge in [-0.3, -0.25) is 19.6 Å². The maximum Gasteiger partial charge on any atom is 0.273 e. The van der Waals surface area contributed by atoms with Gasteiger partial charge in [0.15, 0.2) is 17.3 Å². The number of aromatic nitrogens is 4. The molecule has 2 heterocycles. The summed E-state index contributed by atoms with van der Waals surface area (Å²) in [6, 6.07) is 6.68. The minimum absolute atomic E-state index is 0.0702. The van der Waals surface area contributed by atoms with E-state index in [1.54, 1.807) is 30.6 Å². The molecule has 0 bridgehead atoms. The molecule has 3 N–H and O–H groups in total. The van der Waals surface area contributed by atoms with Crippen molar-refractivity contribution in [1.29, 1.82) is 0 Å². The second-order valence-corrected chi connectivity index (χ2v) is 7.26. The second-order valence-electron chi connectivity index (χ2n) is 7.26. The van der Waals surface area contributed by atoms with Gasteiger partial charge in [-0.2, -0.15) is 0 Å². The van der Waals surface area contributed by atoms with Crippen LogP contribution in [-0.2, 0) is 4.79 Å². The molecule has 1 aliphatic carbocycles. The van der Waals surface area contributed by atoms with Crippen molar-refractivity contribution < 1.29 is 18.4 Å². The molecule has 0 radical (unpaired) electrons. The number of para-hydroxylation sites is 1. The largest absolute Gasteiger partial charge is 0.494 e. The minimum atomic E-state index is -2.73. The maximum atomic E-state index is 12.6. The topological polar surface area (TPSA) is 131 Å². The van der Waals surface area contributed by atoms with E-state index in [-0.39, 0.29) is 29.0 Å². The van der Waals surface area contributed by atoms with Gasteiger partial charge in [0, 0.05) is 34.8 Å². The number of nitrogens with one attached hydrogen (secondary N) is 3.